The molecule has 2 aliphatic rings. The van der Waals surface area contributed by atoms with E-state index in [0.29, 0.717) is 5.92 Å². The zero-order valence-corrected chi connectivity index (χ0v) is 8.87. The predicted molar refractivity (Wildman–Crippen MR) is 60.9 cm³/mol. The van der Waals surface area contributed by atoms with Crippen molar-refractivity contribution in [2.45, 2.75) is 31.8 Å². The van der Waals surface area contributed by atoms with Gasteiger partial charge in [0.25, 0.3) is 0 Å². The highest BCUT2D eigenvalue weighted by Crippen LogP contribution is 2.41. The number of anilines is 1. The van der Waals surface area contributed by atoms with Gasteiger partial charge in [-0.05, 0) is 30.7 Å². The van der Waals surface area contributed by atoms with E-state index in [4.69, 9.17) is 0 Å². The number of para-hydroxylation sites is 1. The highest BCUT2D eigenvalue weighted by Gasteiger charge is 2.29. The van der Waals surface area contributed by atoms with Gasteiger partial charge in [-0.3, -0.25) is 0 Å². The molecule has 1 unspecified atom stereocenters. The van der Waals surface area contributed by atoms with Crippen LogP contribution in [-0.2, 0) is 6.42 Å². The van der Waals surface area contributed by atoms with Crippen LogP contribution in [0, 0.1) is 5.92 Å². The van der Waals surface area contributed by atoms with E-state index in [0.717, 1.165) is 18.5 Å². The van der Waals surface area contributed by atoms with Crippen LogP contribution in [0.2, 0.25) is 0 Å². The second-order valence-electron chi connectivity index (χ2n) is 4.69. The molecule has 3 rings (SSSR count). The summed E-state index contributed by atoms with van der Waals surface area (Å²) in [5.41, 5.74) is 3.69. The average molecular weight is 203 g/mol. The van der Waals surface area contributed by atoms with E-state index >= 15 is 0 Å². The summed E-state index contributed by atoms with van der Waals surface area (Å²) in [5.74, 6) is 0.499. The van der Waals surface area contributed by atoms with Gasteiger partial charge < -0.3 is 10.4 Å². The molecule has 0 saturated heterocycles. The van der Waals surface area contributed by atoms with Crippen molar-refractivity contribution < 1.29 is 5.11 Å². The van der Waals surface area contributed by atoms with E-state index in [2.05, 4.69) is 23.5 Å². The van der Waals surface area contributed by atoms with Crippen molar-refractivity contribution in [2.75, 3.05) is 11.9 Å². The van der Waals surface area contributed by atoms with Gasteiger partial charge >= 0.3 is 0 Å². The Morgan fingerprint density at radius 1 is 1.33 bits per heavy atom. The molecular formula is C13H17NO. The largest absolute Gasteiger partial charge is 0.388 e. The molecule has 2 N–H and O–H groups in total. The summed E-state index contributed by atoms with van der Waals surface area (Å²) >= 11 is 0. The number of nitrogens with one attached hydrogen (secondary N) is 1. The fraction of sp³-hybridized carbons (Fsp3) is 0.538. The smallest absolute Gasteiger partial charge is 0.0838 e. The summed E-state index contributed by atoms with van der Waals surface area (Å²) in [5, 5.41) is 13.7. The topological polar surface area (TPSA) is 32.3 Å². The first-order valence-corrected chi connectivity index (χ1v) is 5.90. The molecule has 0 amide bonds. The summed E-state index contributed by atoms with van der Waals surface area (Å²) in [7, 11) is 0. The minimum atomic E-state index is -0.251. The molecule has 1 heterocycles. The third-order valence-electron chi connectivity index (χ3n) is 3.79. The lowest BCUT2D eigenvalue weighted by molar-refractivity contribution is 0.0626. The number of hydrogen-bond donors (Lipinski definition) is 2. The molecule has 1 aromatic rings. The summed E-state index contributed by atoms with van der Waals surface area (Å²) in [6.45, 7) is 1.02. The maximum atomic E-state index is 10.3. The first-order chi connectivity index (χ1) is 7.36. The van der Waals surface area contributed by atoms with Crippen LogP contribution in [0.15, 0.2) is 18.2 Å². The Morgan fingerprint density at radius 3 is 2.93 bits per heavy atom. The normalized spacial score (nSPS) is 21.7. The molecule has 1 aromatic carbocycles. The summed E-state index contributed by atoms with van der Waals surface area (Å²) < 4.78 is 0. The number of aliphatic hydroxyl groups excluding tert-OH is 1. The van der Waals surface area contributed by atoms with Crippen LogP contribution in [0.25, 0.3) is 0 Å². The fourth-order valence-corrected chi connectivity index (χ4v) is 2.62. The second-order valence-corrected chi connectivity index (χ2v) is 4.69. The van der Waals surface area contributed by atoms with Gasteiger partial charge in [-0.25, -0.2) is 0 Å². The first-order valence-electron chi connectivity index (χ1n) is 5.90. The third-order valence-corrected chi connectivity index (χ3v) is 3.79. The van der Waals surface area contributed by atoms with Crippen LogP contribution in [0.1, 0.15) is 36.5 Å². The van der Waals surface area contributed by atoms with Crippen molar-refractivity contribution in [1.82, 2.24) is 0 Å². The first kappa shape index (κ1) is 9.22. The average Bonchev–Trinajstić information content (AvgIpc) is 2.61. The van der Waals surface area contributed by atoms with Gasteiger partial charge in [-0.15, -0.1) is 0 Å². The van der Waals surface area contributed by atoms with Crippen molar-refractivity contribution in [1.29, 1.82) is 0 Å². The monoisotopic (exact) mass is 203 g/mol. The van der Waals surface area contributed by atoms with Gasteiger partial charge in [-0.1, -0.05) is 24.6 Å². The van der Waals surface area contributed by atoms with E-state index in [9.17, 15) is 5.11 Å². The molecule has 15 heavy (non-hydrogen) atoms. The molecule has 2 heteroatoms. The fourth-order valence-electron chi connectivity index (χ4n) is 2.62. The molecule has 1 aliphatic heterocycles. The zero-order chi connectivity index (χ0) is 10.3. The standard InChI is InChI=1S/C13H17NO/c15-13(10-4-1-5-10)11-6-2-3-9-7-8-14-12(9)11/h2-3,6,10,13-15H,1,4-5,7-8H2. The van der Waals surface area contributed by atoms with Gasteiger partial charge in [0.2, 0.25) is 0 Å². The maximum Gasteiger partial charge on any atom is 0.0838 e. The van der Waals surface area contributed by atoms with Crippen LogP contribution in [0.5, 0.6) is 0 Å². The molecule has 1 atom stereocenters. The van der Waals surface area contributed by atoms with E-state index in [1.165, 1.54) is 30.5 Å². The van der Waals surface area contributed by atoms with Crippen LogP contribution in [0.3, 0.4) is 0 Å². The lowest BCUT2D eigenvalue weighted by Crippen LogP contribution is -2.20. The number of rotatable bonds is 2. The molecule has 1 aliphatic carbocycles. The Hall–Kier alpha value is -1.02. The summed E-state index contributed by atoms with van der Waals surface area (Å²) in [6, 6.07) is 6.30. The molecule has 1 fully saturated rings. The predicted octanol–water partition coefficient (Wildman–Crippen LogP) is 2.49. The lowest BCUT2D eigenvalue weighted by Gasteiger charge is -2.31. The van der Waals surface area contributed by atoms with Crippen LogP contribution in [-0.4, -0.2) is 11.7 Å². The Bertz CT molecular complexity index is 371. The minimum absolute atomic E-state index is 0.251. The molecule has 1 saturated carbocycles. The number of hydrogen-bond acceptors (Lipinski definition) is 2. The minimum Gasteiger partial charge on any atom is -0.388 e. The van der Waals surface area contributed by atoms with Gasteiger partial charge in [0, 0.05) is 17.8 Å². The summed E-state index contributed by atoms with van der Waals surface area (Å²) in [6.07, 6.45) is 4.50. The highest BCUT2D eigenvalue weighted by atomic mass is 16.3. The van der Waals surface area contributed by atoms with E-state index < -0.39 is 0 Å². The number of benzene rings is 1. The van der Waals surface area contributed by atoms with Crippen molar-refractivity contribution in [3.05, 3.63) is 29.3 Å². The summed E-state index contributed by atoms with van der Waals surface area (Å²) in [4.78, 5) is 0. The van der Waals surface area contributed by atoms with Crippen molar-refractivity contribution in [3.8, 4) is 0 Å². The molecule has 0 bridgehead atoms. The van der Waals surface area contributed by atoms with Crippen molar-refractivity contribution >= 4 is 5.69 Å². The van der Waals surface area contributed by atoms with Crippen LogP contribution < -0.4 is 5.32 Å². The van der Waals surface area contributed by atoms with Crippen LogP contribution in [0.4, 0.5) is 5.69 Å². The molecular weight excluding hydrogens is 186 g/mol. The van der Waals surface area contributed by atoms with Gasteiger partial charge in [0.15, 0.2) is 0 Å². The quantitative estimate of drug-likeness (QED) is 0.774. The Morgan fingerprint density at radius 2 is 2.20 bits per heavy atom. The van der Waals surface area contributed by atoms with Gasteiger partial charge in [-0.2, -0.15) is 0 Å². The van der Waals surface area contributed by atoms with Crippen LogP contribution >= 0.6 is 0 Å². The Balaban J connectivity index is 1.93. The zero-order valence-electron chi connectivity index (χ0n) is 8.87. The van der Waals surface area contributed by atoms with Crippen molar-refractivity contribution in [2.24, 2.45) is 5.92 Å². The Kier molecular flexibility index (Phi) is 2.17. The second kappa shape index (κ2) is 3.53. The molecule has 0 spiro atoms. The van der Waals surface area contributed by atoms with E-state index in [-0.39, 0.29) is 6.10 Å². The number of aliphatic hydroxyl groups is 1. The Labute approximate surface area is 90.3 Å². The number of fused-ring (bicyclic) bond motifs is 1. The van der Waals surface area contributed by atoms with Gasteiger partial charge in [0.05, 0.1) is 6.10 Å². The molecule has 0 aromatic heterocycles. The molecule has 80 valence electrons. The third kappa shape index (κ3) is 1.44. The van der Waals surface area contributed by atoms with Crippen molar-refractivity contribution in [3.63, 3.8) is 0 Å². The van der Waals surface area contributed by atoms with E-state index in [1.54, 1.807) is 0 Å². The lowest BCUT2D eigenvalue weighted by atomic mass is 9.78. The highest BCUT2D eigenvalue weighted by molar-refractivity contribution is 5.62. The van der Waals surface area contributed by atoms with Gasteiger partial charge in [0.1, 0.15) is 0 Å². The van der Waals surface area contributed by atoms with E-state index in [1.807, 2.05) is 0 Å². The molecule has 2 nitrogen and oxygen atoms in total. The maximum absolute atomic E-state index is 10.3. The SMILES string of the molecule is OC(c1cccc2c1NCC2)C1CCC1. The molecule has 0 radical (unpaired) electrons.